The quantitative estimate of drug-likeness (QED) is 0.115. The third-order valence-electron chi connectivity index (χ3n) is 10.8. The van der Waals surface area contributed by atoms with Crippen LogP contribution in [0, 0.1) is 0 Å². The van der Waals surface area contributed by atoms with Gasteiger partial charge in [-0.25, -0.2) is 9.97 Å². The molecule has 0 unspecified atom stereocenters. The average Bonchev–Trinajstić information content (AvgIpc) is 3.98. The molecular formula is C56H46N4O2. The molecule has 0 spiro atoms. The summed E-state index contributed by atoms with van der Waals surface area (Å²) in [4.78, 5) is 14.2. The van der Waals surface area contributed by atoms with Gasteiger partial charge in [0, 0.05) is 72.9 Å². The predicted octanol–water partition coefficient (Wildman–Crippen LogP) is 14.1. The van der Waals surface area contributed by atoms with Gasteiger partial charge in [0.2, 0.25) is 11.8 Å². The molecule has 0 fully saturated rings. The number of hydrogen-bond acceptors (Lipinski definition) is 6. The number of hydrogen-bond donors (Lipinski definition) is 0. The maximum absolute atomic E-state index is 6.46. The standard InChI is InChI=1S/C56H46N4O2/c1-59(2)49-35-31-43(32-36-49)51-53(45-11-7-5-8-12-45)61-55(57-51)47-27-23-41(24-28-47)21-19-39-15-17-40(18-16-39)20-22-42-25-29-48(30-26-42)56-58-52(44-33-37-50(38-34-44)60(3)4)54(62-56)46-13-9-6-10-14-46/h5-38H,1-4H3/b21-19+,22-20?. The SMILES string of the molecule is CN(C)c1ccc(-c2nc(-c3ccc(C=Cc4ccc(/C=C/c5ccc(-c6nc(-c7ccc(N(C)C)cc7)c(-c7ccccc7)o6)cc5)cc4)cc3)oc2-c2ccccc2)cc1. The highest BCUT2D eigenvalue weighted by Crippen LogP contribution is 2.38. The molecule has 6 nitrogen and oxygen atoms in total. The molecule has 7 aromatic carbocycles. The molecule has 0 radical (unpaired) electrons. The van der Waals surface area contributed by atoms with Crippen LogP contribution < -0.4 is 9.80 Å². The Bertz CT molecular complexity index is 2740. The minimum Gasteiger partial charge on any atom is -0.435 e. The normalized spacial score (nSPS) is 11.4. The highest BCUT2D eigenvalue weighted by atomic mass is 16.4. The Kier molecular flexibility index (Phi) is 11.3. The molecule has 9 aromatic rings. The summed E-state index contributed by atoms with van der Waals surface area (Å²) in [5.74, 6) is 2.70. The Morgan fingerprint density at radius 3 is 0.919 bits per heavy atom. The molecule has 0 bridgehead atoms. The predicted molar refractivity (Wildman–Crippen MR) is 259 cm³/mol. The van der Waals surface area contributed by atoms with Crippen molar-refractivity contribution in [3.05, 3.63) is 204 Å². The summed E-state index contributed by atoms with van der Waals surface area (Å²) in [6, 6.07) is 62.3. The Balaban J connectivity index is 0.863. The fourth-order valence-corrected chi connectivity index (χ4v) is 7.26. The van der Waals surface area contributed by atoms with E-state index in [9.17, 15) is 0 Å². The van der Waals surface area contributed by atoms with E-state index in [4.69, 9.17) is 18.8 Å². The fourth-order valence-electron chi connectivity index (χ4n) is 7.26. The molecule has 0 atom stereocenters. The van der Waals surface area contributed by atoms with Crippen LogP contribution >= 0.6 is 0 Å². The van der Waals surface area contributed by atoms with Gasteiger partial charge in [-0.1, -0.05) is 158 Å². The number of aromatic nitrogens is 2. The van der Waals surface area contributed by atoms with Crippen molar-refractivity contribution in [2.75, 3.05) is 38.0 Å². The first kappa shape index (κ1) is 39.5. The van der Waals surface area contributed by atoms with E-state index in [1.165, 1.54) is 0 Å². The summed E-state index contributed by atoms with van der Waals surface area (Å²) in [7, 11) is 8.16. The zero-order chi connectivity index (χ0) is 42.4. The van der Waals surface area contributed by atoms with Gasteiger partial charge in [0.15, 0.2) is 11.5 Å². The molecule has 0 saturated carbocycles. The fraction of sp³-hybridized carbons (Fsp3) is 0.0714. The minimum absolute atomic E-state index is 0.592. The van der Waals surface area contributed by atoms with E-state index < -0.39 is 0 Å². The maximum Gasteiger partial charge on any atom is 0.227 e. The van der Waals surface area contributed by atoms with E-state index >= 15 is 0 Å². The monoisotopic (exact) mass is 806 g/mol. The molecule has 0 aliphatic heterocycles. The van der Waals surface area contributed by atoms with Crippen molar-refractivity contribution in [3.8, 4) is 68.1 Å². The Morgan fingerprint density at radius 2 is 0.613 bits per heavy atom. The van der Waals surface area contributed by atoms with E-state index in [0.29, 0.717) is 11.8 Å². The molecule has 0 N–H and O–H groups in total. The molecule has 2 heterocycles. The van der Waals surface area contributed by atoms with Gasteiger partial charge in [0.1, 0.15) is 11.4 Å². The minimum atomic E-state index is 0.592. The Morgan fingerprint density at radius 1 is 0.323 bits per heavy atom. The Hall–Kier alpha value is -7.96. The van der Waals surface area contributed by atoms with Crippen LogP contribution in [-0.2, 0) is 0 Å². The number of rotatable bonds is 12. The number of oxazole rings is 2. The van der Waals surface area contributed by atoms with Crippen LogP contribution in [0.25, 0.3) is 92.4 Å². The highest BCUT2D eigenvalue weighted by molar-refractivity contribution is 5.82. The summed E-state index contributed by atoms with van der Waals surface area (Å²) >= 11 is 0. The van der Waals surface area contributed by atoms with Crippen molar-refractivity contribution in [2.45, 2.75) is 0 Å². The largest absolute Gasteiger partial charge is 0.435 e. The van der Waals surface area contributed by atoms with Crippen LogP contribution in [0.15, 0.2) is 191 Å². The van der Waals surface area contributed by atoms with Gasteiger partial charge in [-0.2, -0.15) is 0 Å². The second-order valence-electron chi connectivity index (χ2n) is 15.6. The van der Waals surface area contributed by atoms with Gasteiger partial charge < -0.3 is 18.6 Å². The Labute approximate surface area is 363 Å². The lowest BCUT2D eigenvalue weighted by molar-refractivity contribution is 0.589. The molecule has 6 heteroatoms. The molecule has 0 amide bonds. The first-order valence-corrected chi connectivity index (χ1v) is 20.7. The van der Waals surface area contributed by atoms with E-state index in [1.807, 2.05) is 64.6 Å². The summed E-state index contributed by atoms with van der Waals surface area (Å²) in [5, 5.41) is 0. The van der Waals surface area contributed by atoms with Crippen molar-refractivity contribution in [2.24, 2.45) is 0 Å². The molecule has 9 rings (SSSR count). The first-order valence-electron chi connectivity index (χ1n) is 20.7. The second-order valence-corrected chi connectivity index (χ2v) is 15.6. The van der Waals surface area contributed by atoms with Gasteiger partial charge in [-0.3, -0.25) is 0 Å². The summed E-state index contributed by atoms with van der Waals surface area (Å²) < 4.78 is 12.9. The first-order chi connectivity index (χ1) is 30.3. The number of benzene rings is 7. The maximum atomic E-state index is 6.46. The van der Waals surface area contributed by atoms with Crippen LogP contribution in [0.4, 0.5) is 11.4 Å². The van der Waals surface area contributed by atoms with Crippen LogP contribution in [0.2, 0.25) is 0 Å². The molecule has 0 saturated heterocycles. The van der Waals surface area contributed by atoms with Crippen LogP contribution in [0.5, 0.6) is 0 Å². The lowest BCUT2D eigenvalue weighted by Gasteiger charge is -2.12. The van der Waals surface area contributed by atoms with Gasteiger partial charge >= 0.3 is 0 Å². The molecule has 0 aliphatic carbocycles. The van der Waals surface area contributed by atoms with Gasteiger partial charge in [0.05, 0.1) is 0 Å². The van der Waals surface area contributed by atoms with Crippen molar-refractivity contribution >= 4 is 35.7 Å². The summed E-state index contributed by atoms with van der Waals surface area (Å²) in [6.45, 7) is 0. The molecule has 0 aliphatic rings. The smallest absolute Gasteiger partial charge is 0.227 e. The van der Waals surface area contributed by atoms with E-state index in [-0.39, 0.29) is 0 Å². The van der Waals surface area contributed by atoms with Crippen LogP contribution in [0.3, 0.4) is 0 Å². The second kappa shape index (κ2) is 17.7. The van der Waals surface area contributed by atoms with Crippen LogP contribution in [-0.4, -0.2) is 38.2 Å². The van der Waals surface area contributed by atoms with Gasteiger partial charge in [-0.05, 0) is 70.8 Å². The average molecular weight is 807 g/mol. The summed E-state index contributed by atoms with van der Waals surface area (Å²) in [5.41, 5.74) is 14.2. The summed E-state index contributed by atoms with van der Waals surface area (Å²) in [6.07, 6.45) is 8.51. The van der Waals surface area contributed by atoms with Gasteiger partial charge in [0.25, 0.3) is 0 Å². The zero-order valence-electron chi connectivity index (χ0n) is 35.2. The third kappa shape index (κ3) is 8.81. The highest BCUT2D eigenvalue weighted by Gasteiger charge is 2.20. The topological polar surface area (TPSA) is 58.5 Å². The van der Waals surface area contributed by atoms with Crippen molar-refractivity contribution in [3.63, 3.8) is 0 Å². The van der Waals surface area contributed by atoms with E-state index in [0.717, 1.165) is 89.9 Å². The van der Waals surface area contributed by atoms with Crippen LogP contribution in [0.1, 0.15) is 22.3 Å². The van der Waals surface area contributed by atoms with Crippen molar-refractivity contribution in [1.82, 2.24) is 9.97 Å². The lowest BCUT2D eigenvalue weighted by Crippen LogP contribution is -2.07. The van der Waals surface area contributed by atoms with E-state index in [1.54, 1.807) is 0 Å². The third-order valence-corrected chi connectivity index (χ3v) is 10.8. The van der Waals surface area contributed by atoms with E-state index in [2.05, 4.69) is 180 Å². The lowest BCUT2D eigenvalue weighted by atomic mass is 10.1. The van der Waals surface area contributed by atoms with Crippen molar-refractivity contribution < 1.29 is 8.83 Å². The zero-order valence-corrected chi connectivity index (χ0v) is 35.2. The molecule has 2 aromatic heterocycles. The molecule has 62 heavy (non-hydrogen) atoms. The molecule has 302 valence electrons. The number of nitrogens with zero attached hydrogens (tertiary/aromatic N) is 4. The number of anilines is 2. The van der Waals surface area contributed by atoms with Crippen molar-refractivity contribution in [1.29, 1.82) is 0 Å². The molecular weight excluding hydrogens is 761 g/mol. The van der Waals surface area contributed by atoms with Gasteiger partial charge in [-0.15, -0.1) is 0 Å².